The molecule has 0 radical (unpaired) electrons. The Morgan fingerprint density at radius 3 is 2.50 bits per heavy atom. The van der Waals surface area contributed by atoms with E-state index in [1.165, 1.54) is 11.4 Å². The quantitative estimate of drug-likeness (QED) is 0.726. The van der Waals surface area contributed by atoms with Gasteiger partial charge in [0, 0.05) is 24.4 Å². The Balaban J connectivity index is 2.28. The highest BCUT2D eigenvalue weighted by Gasteiger charge is 1.98. The molecule has 1 heterocycles. The number of nitriles is 1. The summed E-state index contributed by atoms with van der Waals surface area (Å²) in [5.74, 6) is 0. The third kappa shape index (κ3) is 2.81. The molecule has 0 atom stereocenters. The Kier molecular flexibility index (Phi) is 4.06. The molecule has 14 heavy (non-hydrogen) atoms. The lowest BCUT2D eigenvalue weighted by Gasteiger charge is -2.11. The summed E-state index contributed by atoms with van der Waals surface area (Å²) in [6.07, 6.45) is 2.68. The minimum atomic E-state index is 0.658. The van der Waals surface area contributed by atoms with Crippen LogP contribution in [0.5, 0.6) is 0 Å². The van der Waals surface area contributed by atoms with Crippen molar-refractivity contribution in [2.45, 2.75) is 33.1 Å². The molecular formula is C11H17N3. The van der Waals surface area contributed by atoms with Gasteiger partial charge in [0.2, 0.25) is 0 Å². The predicted octanol–water partition coefficient (Wildman–Crippen LogP) is 2.34. The van der Waals surface area contributed by atoms with Crippen molar-refractivity contribution in [3.63, 3.8) is 0 Å². The predicted molar refractivity (Wildman–Crippen MR) is 57.6 cm³/mol. The average Bonchev–Trinajstić information content (AvgIpc) is 2.48. The molecular weight excluding hydrogens is 174 g/mol. The van der Waals surface area contributed by atoms with Gasteiger partial charge in [0.1, 0.15) is 0 Å². The van der Waals surface area contributed by atoms with Crippen LogP contribution >= 0.6 is 0 Å². The normalized spacial score (nSPS) is 9.79. The molecule has 0 aliphatic heterocycles. The van der Waals surface area contributed by atoms with Crippen LogP contribution in [0.25, 0.3) is 0 Å². The molecule has 3 nitrogen and oxygen atoms in total. The third-order valence-electron chi connectivity index (χ3n) is 2.26. The van der Waals surface area contributed by atoms with Crippen molar-refractivity contribution in [1.29, 1.82) is 5.26 Å². The summed E-state index contributed by atoms with van der Waals surface area (Å²) < 4.78 is 2.09. The molecule has 0 unspecified atom stereocenters. The van der Waals surface area contributed by atoms with Gasteiger partial charge in [-0.3, -0.25) is 4.68 Å². The standard InChI is InChI=1S/C11H17N3/c1-10-6-7-11(2)14(10)13-9-5-3-4-8-12/h6-7,13H,3-5,9H2,1-2H3. The second kappa shape index (κ2) is 5.33. The molecule has 0 saturated heterocycles. The number of hydrogen-bond acceptors (Lipinski definition) is 2. The smallest absolute Gasteiger partial charge is 0.0621 e. The summed E-state index contributed by atoms with van der Waals surface area (Å²) >= 11 is 0. The van der Waals surface area contributed by atoms with E-state index in [9.17, 15) is 0 Å². The molecule has 0 saturated carbocycles. The van der Waals surface area contributed by atoms with Crippen LogP contribution < -0.4 is 5.43 Å². The van der Waals surface area contributed by atoms with Crippen molar-refractivity contribution in [3.05, 3.63) is 23.5 Å². The number of aromatic nitrogens is 1. The molecule has 0 amide bonds. The van der Waals surface area contributed by atoms with Crippen LogP contribution in [0, 0.1) is 25.2 Å². The van der Waals surface area contributed by atoms with Crippen molar-refractivity contribution in [3.8, 4) is 6.07 Å². The number of nitrogens with one attached hydrogen (secondary N) is 1. The van der Waals surface area contributed by atoms with Crippen LogP contribution in [0.15, 0.2) is 12.1 Å². The minimum Gasteiger partial charge on any atom is -0.326 e. The minimum absolute atomic E-state index is 0.658. The van der Waals surface area contributed by atoms with Gasteiger partial charge in [0.15, 0.2) is 0 Å². The number of nitrogens with zero attached hydrogens (tertiary/aromatic N) is 2. The Labute approximate surface area is 85.3 Å². The summed E-state index contributed by atoms with van der Waals surface area (Å²) in [5.41, 5.74) is 5.78. The first-order valence-corrected chi connectivity index (χ1v) is 5.01. The van der Waals surface area contributed by atoms with Gasteiger partial charge < -0.3 is 5.43 Å². The second-order valence-electron chi connectivity index (χ2n) is 3.47. The van der Waals surface area contributed by atoms with E-state index in [4.69, 9.17) is 5.26 Å². The molecule has 0 aromatic carbocycles. The van der Waals surface area contributed by atoms with E-state index in [0.29, 0.717) is 6.42 Å². The van der Waals surface area contributed by atoms with Gasteiger partial charge in [0.25, 0.3) is 0 Å². The van der Waals surface area contributed by atoms with Gasteiger partial charge in [-0.25, -0.2) is 0 Å². The van der Waals surface area contributed by atoms with Crippen LogP contribution in [0.4, 0.5) is 0 Å². The lowest BCUT2D eigenvalue weighted by Crippen LogP contribution is -2.18. The molecule has 1 aromatic heterocycles. The van der Waals surface area contributed by atoms with Gasteiger partial charge in [-0.1, -0.05) is 0 Å². The van der Waals surface area contributed by atoms with Crippen LogP contribution in [0.3, 0.4) is 0 Å². The highest BCUT2D eigenvalue weighted by molar-refractivity contribution is 5.15. The molecule has 3 heteroatoms. The maximum atomic E-state index is 8.36. The molecule has 0 aliphatic carbocycles. The van der Waals surface area contributed by atoms with Crippen molar-refractivity contribution < 1.29 is 0 Å². The van der Waals surface area contributed by atoms with Crippen molar-refractivity contribution in [1.82, 2.24) is 4.68 Å². The molecule has 0 aliphatic rings. The number of hydrogen-bond donors (Lipinski definition) is 1. The molecule has 1 rings (SSSR count). The molecule has 76 valence electrons. The lowest BCUT2D eigenvalue weighted by atomic mass is 10.2. The van der Waals surface area contributed by atoms with Crippen LogP contribution in [-0.2, 0) is 0 Å². The fraction of sp³-hybridized carbons (Fsp3) is 0.545. The van der Waals surface area contributed by atoms with Gasteiger partial charge >= 0.3 is 0 Å². The van der Waals surface area contributed by atoms with Gasteiger partial charge in [-0.15, -0.1) is 0 Å². The number of rotatable bonds is 5. The van der Waals surface area contributed by atoms with E-state index in [0.717, 1.165) is 19.4 Å². The highest BCUT2D eigenvalue weighted by Crippen LogP contribution is 2.04. The van der Waals surface area contributed by atoms with Crippen molar-refractivity contribution >= 4 is 0 Å². The van der Waals surface area contributed by atoms with E-state index < -0.39 is 0 Å². The van der Waals surface area contributed by atoms with E-state index in [2.05, 4.69) is 42.2 Å². The first-order valence-electron chi connectivity index (χ1n) is 5.01. The Bertz CT molecular complexity index is 300. The van der Waals surface area contributed by atoms with Crippen LogP contribution in [0.2, 0.25) is 0 Å². The second-order valence-corrected chi connectivity index (χ2v) is 3.47. The summed E-state index contributed by atoms with van der Waals surface area (Å²) in [4.78, 5) is 0. The van der Waals surface area contributed by atoms with Crippen molar-refractivity contribution in [2.75, 3.05) is 12.0 Å². The number of aryl methyl sites for hydroxylation is 2. The maximum Gasteiger partial charge on any atom is 0.0621 e. The topological polar surface area (TPSA) is 40.8 Å². The zero-order valence-corrected chi connectivity index (χ0v) is 8.88. The van der Waals surface area contributed by atoms with Gasteiger partial charge in [-0.05, 0) is 38.8 Å². The Hall–Kier alpha value is -1.43. The summed E-state index contributed by atoms with van der Waals surface area (Å²) in [6.45, 7) is 5.09. The Morgan fingerprint density at radius 2 is 1.93 bits per heavy atom. The molecule has 0 fully saturated rings. The highest BCUT2D eigenvalue weighted by atomic mass is 15.4. The molecule has 0 bridgehead atoms. The number of unbranched alkanes of at least 4 members (excludes halogenated alkanes) is 2. The largest absolute Gasteiger partial charge is 0.326 e. The van der Waals surface area contributed by atoms with Gasteiger partial charge in [0.05, 0.1) is 6.07 Å². The monoisotopic (exact) mass is 191 g/mol. The third-order valence-corrected chi connectivity index (χ3v) is 2.26. The molecule has 0 spiro atoms. The lowest BCUT2D eigenvalue weighted by molar-refractivity contribution is 0.711. The van der Waals surface area contributed by atoms with E-state index in [1.54, 1.807) is 0 Å². The van der Waals surface area contributed by atoms with E-state index >= 15 is 0 Å². The summed E-state index contributed by atoms with van der Waals surface area (Å²) in [6, 6.07) is 6.34. The first kappa shape index (κ1) is 10.6. The van der Waals surface area contributed by atoms with Crippen molar-refractivity contribution in [2.24, 2.45) is 0 Å². The Morgan fingerprint density at radius 1 is 1.29 bits per heavy atom. The first-order chi connectivity index (χ1) is 6.75. The van der Waals surface area contributed by atoms with Crippen LogP contribution in [0.1, 0.15) is 30.7 Å². The van der Waals surface area contributed by atoms with E-state index in [1.807, 2.05) is 0 Å². The van der Waals surface area contributed by atoms with Gasteiger partial charge in [-0.2, -0.15) is 5.26 Å². The fourth-order valence-electron chi connectivity index (χ4n) is 1.44. The fourth-order valence-corrected chi connectivity index (χ4v) is 1.44. The van der Waals surface area contributed by atoms with E-state index in [-0.39, 0.29) is 0 Å². The average molecular weight is 191 g/mol. The zero-order valence-electron chi connectivity index (χ0n) is 8.88. The summed E-state index contributed by atoms with van der Waals surface area (Å²) in [7, 11) is 0. The molecule has 1 aromatic rings. The van der Waals surface area contributed by atoms with Crippen LogP contribution in [-0.4, -0.2) is 11.2 Å². The SMILES string of the molecule is Cc1ccc(C)n1NCCCCC#N. The maximum absolute atomic E-state index is 8.36. The zero-order chi connectivity index (χ0) is 10.4. The molecule has 1 N–H and O–H groups in total. The summed E-state index contributed by atoms with van der Waals surface area (Å²) in [5, 5.41) is 8.36.